The number of aryl methyl sites for hydroxylation is 1. The molecule has 0 amide bonds. The van der Waals surface area contributed by atoms with Gasteiger partial charge in [0.05, 0.1) is 5.75 Å². The zero-order valence-electron chi connectivity index (χ0n) is 11.2. The van der Waals surface area contributed by atoms with E-state index < -0.39 is 0 Å². The Morgan fingerprint density at radius 3 is 2.42 bits per heavy atom. The van der Waals surface area contributed by atoms with Crippen molar-refractivity contribution in [2.24, 2.45) is 7.05 Å². The third-order valence-electron chi connectivity index (χ3n) is 3.26. The number of carbonyl (C=O) groups excluding carboxylic acids is 1. The molecule has 0 radical (unpaired) electrons. The molecule has 0 fully saturated rings. The van der Waals surface area contributed by atoms with Crippen molar-refractivity contribution >= 4 is 29.1 Å². The maximum absolute atomic E-state index is 12.2. The van der Waals surface area contributed by atoms with E-state index >= 15 is 0 Å². The van der Waals surface area contributed by atoms with E-state index in [9.17, 15) is 4.79 Å². The first-order valence-corrected chi connectivity index (χ1v) is 7.40. The molecule has 1 heterocycles. The fourth-order valence-electron chi connectivity index (χ4n) is 1.90. The van der Waals surface area contributed by atoms with Crippen molar-refractivity contribution in [3.8, 4) is 0 Å². The van der Waals surface area contributed by atoms with Gasteiger partial charge in [0.2, 0.25) is 0 Å². The van der Waals surface area contributed by atoms with Crippen LogP contribution in [-0.4, -0.2) is 16.1 Å². The van der Waals surface area contributed by atoms with Crippen molar-refractivity contribution in [3.63, 3.8) is 0 Å². The average Bonchev–Trinajstić information content (AvgIpc) is 2.65. The Morgan fingerprint density at radius 1 is 1.26 bits per heavy atom. The zero-order valence-corrected chi connectivity index (χ0v) is 12.8. The minimum atomic E-state index is 0.168. The quantitative estimate of drug-likeness (QED) is 0.620. The fraction of sp³-hybridized carbons (Fsp3) is 0.267. The van der Waals surface area contributed by atoms with Crippen molar-refractivity contribution in [3.05, 3.63) is 52.3 Å². The van der Waals surface area contributed by atoms with Crippen LogP contribution < -0.4 is 0 Å². The van der Waals surface area contributed by atoms with Crippen molar-refractivity contribution in [1.29, 1.82) is 0 Å². The molecule has 100 valence electrons. The van der Waals surface area contributed by atoms with Crippen LogP contribution >= 0.6 is 23.4 Å². The molecular formula is C15H16ClNOS. The fourth-order valence-corrected chi connectivity index (χ4v) is 2.80. The lowest BCUT2D eigenvalue weighted by atomic mass is 10.2. The second-order valence-corrected chi connectivity index (χ2v) is 5.99. The van der Waals surface area contributed by atoms with E-state index in [2.05, 4.69) is 0 Å². The molecule has 2 rings (SSSR count). The Morgan fingerprint density at radius 2 is 1.89 bits per heavy atom. The largest absolute Gasteiger partial charge is 0.351 e. The summed E-state index contributed by atoms with van der Waals surface area (Å²) >= 11 is 7.37. The van der Waals surface area contributed by atoms with Crippen LogP contribution in [0.2, 0.25) is 5.02 Å². The van der Waals surface area contributed by atoms with Gasteiger partial charge in [0.15, 0.2) is 5.78 Å². The highest BCUT2D eigenvalue weighted by molar-refractivity contribution is 8.00. The monoisotopic (exact) mass is 293 g/mol. The van der Waals surface area contributed by atoms with E-state index in [4.69, 9.17) is 11.6 Å². The lowest BCUT2D eigenvalue weighted by Gasteiger charge is -2.03. The molecule has 19 heavy (non-hydrogen) atoms. The lowest BCUT2D eigenvalue weighted by Crippen LogP contribution is -2.04. The lowest BCUT2D eigenvalue weighted by molar-refractivity contribution is 0.102. The van der Waals surface area contributed by atoms with Crippen LogP contribution in [0.4, 0.5) is 0 Å². The number of benzene rings is 1. The van der Waals surface area contributed by atoms with Crippen LogP contribution in [0.5, 0.6) is 0 Å². The molecule has 0 saturated heterocycles. The Bertz CT molecular complexity index is 601. The third-order valence-corrected chi connectivity index (χ3v) is 4.52. The first kappa shape index (κ1) is 14.2. The normalized spacial score (nSPS) is 10.7. The van der Waals surface area contributed by atoms with Crippen LogP contribution in [0.1, 0.15) is 21.7 Å². The predicted octanol–water partition coefficient (Wildman–Crippen LogP) is 4.27. The summed E-state index contributed by atoms with van der Waals surface area (Å²) in [5.74, 6) is 0.618. The Labute approximate surface area is 122 Å². The number of hydrogen-bond donors (Lipinski definition) is 0. The first-order valence-electron chi connectivity index (χ1n) is 6.03. The third kappa shape index (κ3) is 3.23. The van der Waals surface area contributed by atoms with Gasteiger partial charge < -0.3 is 4.57 Å². The van der Waals surface area contributed by atoms with Gasteiger partial charge in [0.25, 0.3) is 0 Å². The molecule has 2 nitrogen and oxygen atoms in total. The summed E-state index contributed by atoms with van der Waals surface area (Å²) in [6.07, 6.45) is 0. The van der Waals surface area contributed by atoms with Crippen molar-refractivity contribution in [2.75, 3.05) is 5.75 Å². The summed E-state index contributed by atoms with van der Waals surface area (Å²) in [6.45, 7) is 3.99. The van der Waals surface area contributed by atoms with E-state index in [1.807, 2.05) is 55.8 Å². The summed E-state index contributed by atoms with van der Waals surface area (Å²) in [5.41, 5.74) is 2.96. The van der Waals surface area contributed by atoms with Gasteiger partial charge in [0, 0.05) is 33.9 Å². The van der Waals surface area contributed by atoms with Crippen LogP contribution in [0.3, 0.4) is 0 Å². The second-order valence-electron chi connectivity index (χ2n) is 4.51. The number of halogens is 1. The second kappa shape index (κ2) is 5.85. The molecule has 0 bridgehead atoms. The van der Waals surface area contributed by atoms with Gasteiger partial charge in [-0.15, -0.1) is 11.8 Å². The molecule has 0 spiro atoms. The maximum atomic E-state index is 12.2. The molecule has 0 N–H and O–H groups in total. The number of nitrogens with zero attached hydrogens (tertiary/aromatic N) is 1. The Kier molecular flexibility index (Phi) is 4.38. The summed E-state index contributed by atoms with van der Waals surface area (Å²) < 4.78 is 2.04. The van der Waals surface area contributed by atoms with Gasteiger partial charge >= 0.3 is 0 Å². The number of thioether (sulfide) groups is 1. The van der Waals surface area contributed by atoms with Gasteiger partial charge in [-0.1, -0.05) is 11.6 Å². The average molecular weight is 294 g/mol. The van der Waals surface area contributed by atoms with Crippen LogP contribution in [0, 0.1) is 13.8 Å². The Hall–Kier alpha value is -1.19. The number of Topliss-reactive ketones (excluding diaryl/α,β-unsaturated/α-hetero) is 1. The van der Waals surface area contributed by atoms with Crippen molar-refractivity contribution < 1.29 is 4.79 Å². The summed E-state index contributed by atoms with van der Waals surface area (Å²) in [6, 6.07) is 9.51. The number of ketones is 1. The molecule has 0 saturated carbocycles. The van der Waals surface area contributed by atoms with Gasteiger partial charge in [-0.05, 0) is 44.2 Å². The van der Waals surface area contributed by atoms with Gasteiger partial charge in [-0.25, -0.2) is 0 Å². The minimum absolute atomic E-state index is 0.168. The summed E-state index contributed by atoms with van der Waals surface area (Å²) in [5, 5.41) is 0.713. The maximum Gasteiger partial charge on any atom is 0.174 e. The Balaban J connectivity index is 2.05. The van der Waals surface area contributed by atoms with E-state index in [1.54, 1.807) is 0 Å². The van der Waals surface area contributed by atoms with Gasteiger partial charge in [-0.3, -0.25) is 4.79 Å². The summed E-state index contributed by atoms with van der Waals surface area (Å²) in [7, 11) is 1.98. The highest BCUT2D eigenvalue weighted by Gasteiger charge is 2.14. The van der Waals surface area contributed by atoms with Gasteiger partial charge in [-0.2, -0.15) is 0 Å². The number of rotatable bonds is 4. The van der Waals surface area contributed by atoms with E-state index in [0.717, 1.165) is 21.8 Å². The molecule has 0 aliphatic rings. The minimum Gasteiger partial charge on any atom is -0.351 e. The van der Waals surface area contributed by atoms with Crippen LogP contribution in [0.25, 0.3) is 0 Å². The molecule has 0 aliphatic carbocycles. The van der Waals surface area contributed by atoms with Gasteiger partial charge in [0.1, 0.15) is 0 Å². The standard InChI is InChI=1S/C15H16ClNOS/c1-10-8-14(11(2)17(10)3)15(18)9-19-13-6-4-12(16)5-7-13/h4-8H,9H2,1-3H3. The van der Waals surface area contributed by atoms with E-state index in [-0.39, 0.29) is 5.78 Å². The van der Waals surface area contributed by atoms with Crippen LogP contribution in [0.15, 0.2) is 35.2 Å². The zero-order chi connectivity index (χ0) is 14.0. The van der Waals surface area contributed by atoms with Crippen molar-refractivity contribution in [2.45, 2.75) is 18.7 Å². The van der Waals surface area contributed by atoms with E-state index in [1.165, 1.54) is 11.8 Å². The molecule has 0 atom stereocenters. The highest BCUT2D eigenvalue weighted by atomic mass is 35.5. The van der Waals surface area contributed by atoms with E-state index in [0.29, 0.717) is 10.8 Å². The number of aromatic nitrogens is 1. The molecular weight excluding hydrogens is 278 g/mol. The number of hydrogen-bond acceptors (Lipinski definition) is 2. The van der Waals surface area contributed by atoms with Crippen LogP contribution in [-0.2, 0) is 7.05 Å². The first-order chi connectivity index (χ1) is 8.99. The molecule has 0 aliphatic heterocycles. The molecule has 0 unspecified atom stereocenters. The molecule has 2 aromatic rings. The van der Waals surface area contributed by atoms with Crippen molar-refractivity contribution in [1.82, 2.24) is 4.57 Å². The molecule has 4 heteroatoms. The SMILES string of the molecule is Cc1cc(C(=O)CSc2ccc(Cl)cc2)c(C)n1C. The number of carbonyl (C=O) groups is 1. The molecule has 1 aromatic heterocycles. The smallest absolute Gasteiger partial charge is 0.174 e. The predicted molar refractivity (Wildman–Crippen MR) is 81.4 cm³/mol. The highest BCUT2D eigenvalue weighted by Crippen LogP contribution is 2.23. The molecule has 1 aromatic carbocycles. The topological polar surface area (TPSA) is 22.0 Å². The summed E-state index contributed by atoms with van der Waals surface area (Å²) in [4.78, 5) is 13.3.